The molecule has 0 radical (unpaired) electrons. The Morgan fingerprint density at radius 2 is 0.480 bits per heavy atom. The minimum atomic E-state index is -4.98. The lowest BCUT2D eigenvalue weighted by Gasteiger charge is -2.21. The van der Waals surface area contributed by atoms with Crippen LogP contribution in [0.1, 0.15) is 362 Å². The van der Waals surface area contributed by atoms with E-state index in [-0.39, 0.29) is 25.7 Å². The summed E-state index contributed by atoms with van der Waals surface area (Å²) >= 11 is 0. The molecule has 0 aromatic heterocycles. The van der Waals surface area contributed by atoms with Gasteiger partial charge in [-0.15, -0.1) is 0 Å². The van der Waals surface area contributed by atoms with Crippen molar-refractivity contribution in [3.05, 3.63) is 85.1 Å². The summed E-state index contributed by atoms with van der Waals surface area (Å²) < 4.78 is 68.6. The Morgan fingerprint density at radius 3 is 0.755 bits per heavy atom. The number of hydrogen-bond donors (Lipinski definition) is 3. The van der Waals surface area contributed by atoms with Gasteiger partial charge in [-0.2, -0.15) is 0 Å². The quantitative estimate of drug-likeness (QED) is 0.0169. The molecular weight excluding hydrogens is 1330 g/mol. The van der Waals surface area contributed by atoms with Crippen molar-refractivity contribution in [1.29, 1.82) is 0 Å². The van der Waals surface area contributed by atoms with Gasteiger partial charge in [0.25, 0.3) is 0 Å². The molecular formula is C83H148O17P2. The van der Waals surface area contributed by atoms with Crippen molar-refractivity contribution in [1.82, 2.24) is 0 Å². The molecule has 0 aliphatic rings. The molecule has 19 heteroatoms. The van der Waals surface area contributed by atoms with Crippen LogP contribution < -0.4 is 0 Å². The highest BCUT2D eigenvalue weighted by molar-refractivity contribution is 7.47. The molecule has 0 fully saturated rings. The van der Waals surface area contributed by atoms with Gasteiger partial charge in [0.1, 0.15) is 19.3 Å². The van der Waals surface area contributed by atoms with Crippen molar-refractivity contribution in [2.24, 2.45) is 0 Å². The van der Waals surface area contributed by atoms with E-state index in [0.717, 1.165) is 173 Å². The molecule has 592 valence electrons. The molecule has 5 unspecified atom stereocenters. The van der Waals surface area contributed by atoms with Crippen LogP contribution in [-0.4, -0.2) is 96.7 Å². The molecule has 0 aliphatic heterocycles. The first-order valence-electron chi connectivity index (χ1n) is 40.8. The summed E-state index contributed by atoms with van der Waals surface area (Å²) in [5.74, 6) is -2.19. The maximum atomic E-state index is 13.1. The highest BCUT2D eigenvalue weighted by Gasteiger charge is 2.30. The van der Waals surface area contributed by atoms with Gasteiger partial charge in [-0.3, -0.25) is 37.3 Å². The molecule has 0 aromatic rings. The summed E-state index contributed by atoms with van der Waals surface area (Å²) in [6.07, 6.45) is 78.3. The molecule has 0 aromatic carbocycles. The van der Waals surface area contributed by atoms with Crippen LogP contribution in [-0.2, 0) is 65.4 Å². The monoisotopic (exact) mass is 1480 g/mol. The van der Waals surface area contributed by atoms with E-state index < -0.39 is 97.5 Å². The van der Waals surface area contributed by atoms with Gasteiger partial charge >= 0.3 is 39.5 Å². The second-order valence-corrected chi connectivity index (χ2v) is 30.3. The number of ether oxygens (including phenoxy) is 4. The molecule has 0 rings (SSSR count). The number of esters is 4. The maximum absolute atomic E-state index is 13.1. The van der Waals surface area contributed by atoms with Crippen LogP contribution in [0.5, 0.6) is 0 Å². The molecule has 0 bridgehead atoms. The summed E-state index contributed by atoms with van der Waals surface area (Å²) in [7, 11) is -9.96. The van der Waals surface area contributed by atoms with Crippen molar-refractivity contribution < 1.29 is 80.2 Å². The Labute approximate surface area is 621 Å². The number of carbonyl (C=O) groups is 4. The van der Waals surface area contributed by atoms with Crippen LogP contribution in [0, 0.1) is 0 Å². The van der Waals surface area contributed by atoms with Gasteiger partial charge in [0.05, 0.1) is 26.4 Å². The van der Waals surface area contributed by atoms with Crippen molar-refractivity contribution in [2.75, 3.05) is 39.6 Å². The lowest BCUT2D eigenvalue weighted by molar-refractivity contribution is -0.161. The van der Waals surface area contributed by atoms with Crippen molar-refractivity contribution in [3.63, 3.8) is 0 Å². The van der Waals surface area contributed by atoms with Crippen molar-refractivity contribution >= 4 is 39.5 Å². The zero-order valence-corrected chi connectivity index (χ0v) is 66.6. The molecule has 3 N–H and O–H groups in total. The number of phosphoric acid groups is 2. The topological polar surface area (TPSA) is 237 Å². The SMILES string of the molecule is CCCCC/C=C\C/C=C\C/C=C\CCCCCCCCC(=O)OCC(COP(=O)(O)OCC(O)COP(=O)(O)OCC(COC(=O)CCCCCCC/C=C\C/C=C\CCCCC)OC(=O)CCCCCCCCCCCCCCC)OC(=O)CCCCCCC/C=C\C/C=C\CCCCC. The van der Waals surface area contributed by atoms with Gasteiger partial charge < -0.3 is 33.8 Å². The fourth-order valence-electron chi connectivity index (χ4n) is 11.1. The fourth-order valence-corrected chi connectivity index (χ4v) is 12.6. The van der Waals surface area contributed by atoms with Gasteiger partial charge in [0.15, 0.2) is 12.2 Å². The molecule has 17 nitrogen and oxygen atoms in total. The van der Waals surface area contributed by atoms with Crippen molar-refractivity contribution in [3.8, 4) is 0 Å². The van der Waals surface area contributed by atoms with Crippen LogP contribution in [0.25, 0.3) is 0 Å². The molecule has 0 saturated carbocycles. The fraction of sp³-hybridized carbons (Fsp3) is 0.783. The number of aliphatic hydroxyl groups excluding tert-OH is 1. The largest absolute Gasteiger partial charge is 0.472 e. The molecule has 0 spiro atoms. The summed E-state index contributed by atoms with van der Waals surface area (Å²) in [6, 6.07) is 0. The van der Waals surface area contributed by atoms with Crippen molar-refractivity contribution in [2.45, 2.75) is 380 Å². The van der Waals surface area contributed by atoms with Crippen LogP contribution in [0.4, 0.5) is 0 Å². The molecule has 102 heavy (non-hydrogen) atoms. The second kappa shape index (κ2) is 75.5. The van der Waals surface area contributed by atoms with Crippen LogP contribution in [0.2, 0.25) is 0 Å². The van der Waals surface area contributed by atoms with E-state index >= 15 is 0 Å². The highest BCUT2D eigenvalue weighted by Crippen LogP contribution is 2.45. The average molecular weight is 1480 g/mol. The Morgan fingerprint density at radius 1 is 0.275 bits per heavy atom. The van der Waals surface area contributed by atoms with E-state index in [9.17, 15) is 43.2 Å². The molecule has 0 heterocycles. The average Bonchev–Trinajstić information content (AvgIpc) is 0.924. The number of carbonyl (C=O) groups excluding carboxylic acids is 4. The number of hydrogen-bond acceptors (Lipinski definition) is 15. The lowest BCUT2D eigenvalue weighted by Crippen LogP contribution is -2.30. The van der Waals surface area contributed by atoms with E-state index in [0.29, 0.717) is 25.7 Å². The smallest absolute Gasteiger partial charge is 0.462 e. The minimum Gasteiger partial charge on any atom is -0.462 e. The normalized spacial score (nSPS) is 14.3. The first kappa shape index (κ1) is 98.2. The van der Waals surface area contributed by atoms with E-state index in [1.165, 1.54) is 109 Å². The third kappa shape index (κ3) is 74.5. The number of aliphatic hydroxyl groups is 1. The standard InChI is InChI=1S/C83H148O17P2/c1-5-9-13-17-21-25-29-33-36-37-38-39-42-45-48-52-56-60-64-68-81(86)94-74-79(100-83(88)70-66-62-58-54-50-46-41-35-31-27-23-19-15-11-7-3)76-98-102(91,92)96-72-77(84)71-95-101(89,90)97-75-78(99-82(87)69-65-61-57-53-49-43-32-28-24-20-16-12-8-4)73-93-80(85)67-63-59-55-51-47-44-40-34-30-26-22-18-14-10-6-2/h21-23,25-27,33-36,38-41,77-79,84H,5-20,24,28-32,37,42-76H2,1-4H3,(H,89,90)(H,91,92)/b25-21-,26-22-,27-23-,36-33-,39-38-,40-34-,41-35-. The third-order valence-corrected chi connectivity index (χ3v) is 19.2. The van der Waals surface area contributed by atoms with E-state index in [1.807, 2.05) is 0 Å². The van der Waals surface area contributed by atoms with Gasteiger partial charge in [-0.05, 0) is 128 Å². The number of allylic oxidation sites excluding steroid dienone is 14. The van der Waals surface area contributed by atoms with Gasteiger partial charge in [0.2, 0.25) is 0 Å². The number of phosphoric ester groups is 2. The van der Waals surface area contributed by atoms with E-state index in [1.54, 1.807) is 0 Å². The zero-order chi connectivity index (χ0) is 74.6. The number of unbranched alkanes of at least 4 members (excludes halogenated alkanes) is 37. The lowest BCUT2D eigenvalue weighted by atomic mass is 10.0. The first-order chi connectivity index (χ1) is 49.7. The number of rotatable bonds is 77. The molecule has 5 atom stereocenters. The highest BCUT2D eigenvalue weighted by atomic mass is 31.2. The molecule has 0 saturated heterocycles. The summed E-state index contributed by atoms with van der Waals surface area (Å²) in [4.78, 5) is 73.0. The van der Waals surface area contributed by atoms with Gasteiger partial charge in [-0.1, -0.05) is 293 Å². The van der Waals surface area contributed by atoms with Crippen LogP contribution in [0.3, 0.4) is 0 Å². The summed E-state index contributed by atoms with van der Waals surface area (Å²) in [5.41, 5.74) is 0. The molecule has 0 aliphatic carbocycles. The Balaban J connectivity index is 5.35. The minimum absolute atomic E-state index is 0.0772. The zero-order valence-electron chi connectivity index (χ0n) is 64.8. The second-order valence-electron chi connectivity index (χ2n) is 27.4. The molecule has 0 amide bonds. The Hall–Kier alpha value is -3.76. The van der Waals surface area contributed by atoms with E-state index in [4.69, 9.17) is 37.0 Å². The Bertz CT molecular complexity index is 2260. The predicted octanol–water partition coefficient (Wildman–Crippen LogP) is 23.8. The van der Waals surface area contributed by atoms with Gasteiger partial charge in [-0.25, -0.2) is 9.13 Å². The Kier molecular flexibility index (Phi) is 72.7. The van der Waals surface area contributed by atoms with E-state index in [2.05, 4.69) is 113 Å². The predicted molar refractivity (Wildman–Crippen MR) is 418 cm³/mol. The summed E-state index contributed by atoms with van der Waals surface area (Å²) in [6.45, 7) is 4.81. The summed E-state index contributed by atoms with van der Waals surface area (Å²) in [5, 5.41) is 10.6. The van der Waals surface area contributed by atoms with Crippen LogP contribution >= 0.6 is 15.6 Å². The van der Waals surface area contributed by atoms with Crippen LogP contribution in [0.15, 0.2) is 85.1 Å². The third-order valence-electron chi connectivity index (χ3n) is 17.3. The van der Waals surface area contributed by atoms with Gasteiger partial charge in [0, 0.05) is 25.7 Å². The maximum Gasteiger partial charge on any atom is 0.472 e. The first-order valence-corrected chi connectivity index (χ1v) is 43.8.